The van der Waals surface area contributed by atoms with Crippen LogP contribution in [0.4, 0.5) is 0 Å². The topological polar surface area (TPSA) is 50.7 Å². The SMILES string of the molecule is Cc1ccc(OCC(=O)NN=Cc2cccc(Cl)c2)cc1. The van der Waals surface area contributed by atoms with E-state index in [1.54, 1.807) is 12.1 Å². The van der Waals surface area contributed by atoms with Gasteiger partial charge in [-0.2, -0.15) is 5.10 Å². The van der Waals surface area contributed by atoms with E-state index in [2.05, 4.69) is 10.5 Å². The first-order valence-electron chi connectivity index (χ1n) is 6.40. The molecule has 108 valence electrons. The summed E-state index contributed by atoms with van der Waals surface area (Å²) in [5.74, 6) is 0.323. The van der Waals surface area contributed by atoms with Gasteiger partial charge in [-0.1, -0.05) is 41.4 Å². The Labute approximate surface area is 128 Å². The second-order valence-electron chi connectivity index (χ2n) is 4.45. The number of benzene rings is 2. The summed E-state index contributed by atoms with van der Waals surface area (Å²) in [7, 11) is 0. The van der Waals surface area contributed by atoms with Gasteiger partial charge in [0.1, 0.15) is 5.75 Å². The summed E-state index contributed by atoms with van der Waals surface area (Å²) in [5.41, 5.74) is 4.34. The molecule has 0 spiro atoms. The van der Waals surface area contributed by atoms with E-state index in [-0.39, 0.29) is 12.5 Å². The Morgan fingerprint density at radius 2 is 2.05 bits per heavy atom. The lowest BCUT2D eigenvalue weighted by Crippen LogP contribution is -2.24. The first-order valence-corrected chi connectivity index (χ1v) is 6.78. The second-order valence-corrected chi connectivity index (χ2v) is 4.89. The van der Waals surface area contributed by atoms with Crippen LogP contribution in [0.5, 0.6) is 5.75 Å². The standard InChI is InChI=1S/C16H15ClN2O2/c1-12-5-7-15(8-6-12)21-11-16(20)19-18-10-13-3-2-4-14(17)9-13/h2-10H,11H2,1H3,(H,19,20). The summed E-state index contributed by atoms with van der Waals surface area (Å²) >= 11 is 5.85. The summed E-state index contributed by atoms with van der Waals surface area (Å²) in [5, 5.41) is 4.46. The molecule has 0 aliphatic carbocycles. The Morgan fingerprint density at radius 3 is 2.76 bits per heavy atom. The molecule has 2 aromatic carbocycles. The number of rotatable bonds is 5. The maximum absolute atomic E-state index is 11.6. The van der Waals surface area contributed by atoms with Gasteiger partial charge in [0.25, 0.3) is 5.91 Å². The third-order valence-corrected chi connectivity index (χ3v) is 2.88. The molecule has 0 aliphatic rings. The average molecular weight is 303 g/mol. The fraction of sp³-hybridized carbons (Fsp3) is 0.125. The maximum Gasteiger partial charge on any atom is 0.277 e. The number of amides is 1. The van der Waals surface area contributed by atoms with E-state index in [1.165, 1.54) is 6.21 Å². The van der Waals surface area contributed by atoms with Crippen LogP contribution in [0.1, 0.15) is 11.1 Å². The summed E-state index contributed by atoms with van der Waals surface area (Å²) in [6.07, 6.45) is 1.52. The highest BCUT2D eigenvalue weighted by Crippen LogP contribution is 2.11. The minimum atomic E-state index is -0.325. The van der Waals surface area contributed by atoms with Crippen LogP contribution in [0.2, 0.25) is 5.02 Å². The maximum atomic E-state index is 11.6. The molecule has 2 aromatic rings. The molecule has 5 heteroatoms. The van der Waals surface area contributed by atoms with Crippen molar-refractivity contribution >= 4 is 23.7 Å². The van der Waals surface area contributed by atoms with E-state index in [4.69, 9.17) is 16.3 Å². The largest absolute Gasteiger partial charge is 0.484 e. The van der Waals surface area contributed by atoms with Gasteiger partial charge in [-0.3, -0.25) is 4.79 Å². The van der Waals surface area contributed by atoms with E-state index >= 15 is 0 Å². The van der Waals surface area contributed by atoms with Gasteiger partial charge in [-0.25, -0.2) is 5.43 Å². The Hall–Kier alpha value is -2.33. The highest BCUT2D eigenvalue weighted by Gasteiger charge is 2.01. The quantitative estimate of drug-likeness (QED) is 0.681. The average Bonchev–Trinajstić information content (AvgIpc) is 2.47. The van der Waals surface area contributed by atoms with Crippen LogP contribution in [0, 0.1) is 6.92 Å². The molecule has 0 radical (unpaired) electrons. The van der Waals surface area contributed by atoms with Gasteiger partial charge < -0.3 is 4.74 Å². The smallest absolute Gasteiger partial charge is 0.277 e. The number of nitrogens with one attached hydrogen (secondary N) is 1. The molecular formula is C16H15ClN2O2. The van der Waals surface area contributed by atoms with Crippen molar-refractivity contribution in [1.29, 1.82) is 0 Å². The predicted octanol–water partition coefficient (Wildman–Crippen LogP) is 3.18. The molecule has 0 bridgehead atoms. The van der Waals surface area contributed by atoms with Gasteiger partial charge >= 0.3 is 0 Å². The van der Waals surface area contributed by atoms with Gasteiger partial charge in [0.15, 0.2) is 6.61 Å². The molecule has 4 nitrogen and oxygen atoms in total. The third-order valence-electron chi connectivity index (χ3n) is 2.64. The van der Waals surface area contributed by atoms with E-state index < -0.39 is 0 Å². The molecule has 0 atom stereocenters. The number of hydrogen-bond donors (Lipinski definition) is 1. The van der Waals surface area contributed by atoms with Crippen molar-refractivity contribution in [3.8, 4) is 5.75 Å². The third kappa shape index (κ3) is 5.28. The second kappa shape index (κ2) is 7.45. The Kier molecular flexibility index (Phi) is 5.35. The molecule has 1 amide bonds. The molecule has 0 saturated heterocycles. The molecule has 1 N–H and O–H groups in total. The summed E-state index contributed by atoms with van der Waals surface area (Å²) in [4.78, 5) is 11.6. The molecule has 2 rings (SSSR count). The van der Waals surface area contributed by atoms with Crippen molar-refractivity contribution in [1.82, 2.24) is 5.43 Å². The lowest BCUT2D eigenvalue weighted by molar-refractivity contribution is -0.123. The van der Waals surface area contributed by atoms with Crippen LogP contribution in [-0.4, -0.2) is 18.7 Å². The van der Waals surface area contributed by atoms with Crippen LogP contribution < -0.4 is 10.2 Å². The first kappa shape index (κ1) is 15.1. The fourth-order valence-electron chi connectivity index (χ4n) is 1.58. The van der Waals surface area contributed by atoms with Crippen molar-refractivity contribution in [3.05, 3.63) is 64.7 Å². The van der Waals surface area contributed by atoms with Gasteiger partial charge in [-0.15, -0.1) is 0 Å². The van der Waals surface area contributed by atoms with Gasteiger partial charge in [0, 0.05) is 5.02 Å². The van der Waals surface area contributed by atoms with Crippen LogP contribution in [0.25, 0.3) is 0 Å². The lowest BCUT2D eigenvalue weighted by Gasteiger charge is -2.05. The Bertz CT molecular complexity index is 639. The molecule has 0 unspecified atom stereocenters. The molecular weight excluding hydrogens is 288 g/mol. The molecule has 0 heterocycles. The molecule has 0 aliphatic heterocycles. The number of halogens is 1. The number of nitrogens with zero attached hydrogens (tertiary/aromatic N) is 1. The van der Waals surface area contributed by atoms with Gasteiger partial charge in [0.05, 0.1) is 6.21 Å². The van der Waals surface area contributed by atoms with E-state index in [0.717, 1.165) is 11.1 Å². The van der Waals surface area contributed by atoms with Gasteiger partial charge in [0.2, 0.25) is 0 Å². The van der Waals surface area contributed by atoms with E-state index in [1.807, 2.05) is 43.3 Å². The van der Waals surface area contributed by atoms with E-state index in [0.29, 0.717) is 10.8 Å². The van der Waals surface area contributed by atoms with E-state index in [9.17, 15) is 4.79 Å². The number of hydrazone groups is 1. The normalized spacial score (nSPS) is 10.6. The minimum absolute atomic E-state index is 0.0874. The number of carbonyl (C=O) groups excluding carboxylic acids is 1. The fourth-order valence-corrected chi connectivity index (χ4v) is 1.78. The molecule has 0 aromatic heterocycles. The van der Waals surface area contributed by atoms with Crippen LogP contribution in [-0.2, 0) is 4.79 Å². The molecule has 21 heavy (non-hydrogen) atoms. The van der Waals surface area contributed by atoms with Gasteiger partial charge in [-0.05, 0) is 36.8 Å². The van der Waals surface area contributed by atoms with Crippen molar-refractivity contribution < 1.29 is 9.53 Å². The Balaban J connectivity index is 1.78. The zero-order chi connectivity index (χ0) is 15.1. The summed E-state index contributed by atoms with van der Waals surface area (Å²) in [6.45, 7) is 1.90. The van der Waals surface area contributed by atoms with Crippen LogP contribution in [0.3, 0.4) is 0 Å². The highest BCUT2D eigenvalue weighted by molar-refractivity contribution is 6.30. The lowest BCUT2D eigenvalue weighted by atomic mass is 10.2. The first-order chi connectivity index (χ1) is 10.1. The number of ether oxygens (including phenoxy) is 1. The van der Waals surface area contributed by atoms with Crippen LogP contribution >= 0.6 is 11.6 Å². The zero-order valence-electron chi connectivity index (χ0n) is 11.5. The highest BCUT2D eigenvalue weighted by atomic mass is 35.5. The monoisotopic (exact) mass is 302 g/mol. The minimum Gasteiger partial charge on any atom is -0.484 e. The van der Waals surface area contributed by atoms with Crippen molar-refractivity contribution in [3.63, 3.8) is 0 Å². The Morgan fingerprint density at radius 1 is 1.29 bits per heavy atom. The van der Waals surface area contributed by atoms with Crippen molar-refractivity contribution in [2.45, 2.75) is 6.92 Å². The van der Waals surface area contributed by atoms with Crippen molar-refractivity contribution in [2.75, 3.05) is 6.61 Å². The van der Waals surface area contributed by atoms with Crippen LogP contribution in [0.15, 0.2) is 53.6 Å². The number of hydrogen-bond acceptors (Lipinski definition) is 3. The zero-order valence-corrected chi connectivity index (χ0v) is 12.3. The molecule has 0 fully saturated rings. The predicted molar refractivity (Wildman–Crippen MR) is 83.9 cm³/mol. The summed E-state index contributed by atoms with van der Waals surface area (Å²) < 4.78 is 5.34. The molecule has 0 saturated carbocycles. The number of carbonyl (C=O) groups is 1. The summed E-state index contributed by atoms with van der Waals surface area (Å²) in [6, 6.07) is 14.6. The van der Waals surface area contributed by atoms with Crippen molar-refractivity contribution in [2.24, 2.45) is 5.10 Å². The number of aryl methyl sites for hydroxylation is 1.